The third-order valence-corrected chi connectivity index (χ3v) is 2.68. The number of aryl methyl sites for hydroxylation is 1. The minimum absolute atomic E-state index is 0.163. The standard InChI is InChI=1S/C14H16N2O2/c1-9-6-7-13(18-9)10(2)16-14(17)11-4-3-5-12(15)8-11/h3-8,10H,15H2,1-2H3,(H,16,17). The Morgan fingerprint density at radius 2 is 2.11 bits per heavy atom. The van der Waals surface area contributed by atoms with Crippen molar-refractivity contribution in [2.45, 2.75) is 19.9 Å². The Morgan fingerprint density at radius 1 is 1.33 bits per heavy atom. The molecule has 0 radical (unpaired) electrons. The zero-order valence-corrected chi connectivity index (χ0v) is 10.4. The fourth-order valence-corrected chi connectivity index (χ4v) is 1.72. The van der Waals surface area contributed by atoms with Crippen LogP contribution in [0.5, 0.6) is 0 Å². The first-order valence-corrected chi connectivity index (χ1v) is 5.79. The maximum atomic E-state index is 12.0. The maximum Gasteiger partial charge on any atom is 0.251 e. The second-order valence-electron chi connectivity index (χ2n) is 4.27. The summed E-state index contributed by atoms with van der Waals surface area (Å²) in [6.07, 6.45) is 0. The van der Waals surface area contributed by atoms with E-state index in [1.807, 2.05) is 26.0 Å². The van der Waals surface area contributed by atoms with Crippen LogP contribution < -0.4 is 11.1 Å². The molecule has 4 nitrogen and oxygen atoms in total. The molecule has 0 aliphatic heterocycles. The van der Waals surface area contributed by atoms with Crippen LogP contribution >= 0.6 is 0 Å². The van der Waals surface area contributed by atoms with Crippen molar-refractivity contribution in [3.8, 4) is 0 Å². The molecule has 2 rings (SSSR count). The topological polar surface area (TPSA) is 68.3 Å². The van der Waals surface area contributed by atoms with Crippen molar-refractivity contribution in [2.24, 2.45) is 0 Å². The summed E-state index contributed by atoms with van der Waals surface area (Å²) in [5.74, 6) is 1.41. The van der Waals surface area contributed by atoms with Crippen LogP contribution in [0, 0.1) is 6.92 Å². The van der Waals surface area contributed by atoms with E-state index >= 15 is 0 Å². The Bertz CT molecular complexity index is 560. The van der Waals surface area contributed by atoms with Crippen molar-refractivity contribution in [1.29, 1.82) is 0 Å². The molecule has 2 aromatic rings. The van der Waals surface area contributed by atoms with Gasteiger partial charge in [-0.05, 0) is 44.2 Å². The number of carbonyl (C=O) groups excluding carboxylic acids is 1. The molecular formula is C14H16N2O2. The quantitative estimate of drug-likeness (QED) is 0.815. The van der Waals surface area contributed by atoms with Crippen LogP contribution in [-0.2, 0) is 0 Å². The molecule has 3 N–H and O–H groups in total. The molecule has 0 saturated carbocycles. The second kappa shape index (κ2) is 4.96. The molecule has 4 heteroatoms. The number of carbonyl (C=O) groups is 1. The van der Waals surface area contributed by atoms with Crippen LogP contribution in [-0.4, -0.2) is 5.91 Å². The lowest BCUT2D eigenvalue weighted by Gasteiger charge is -2.11. The average molecular weight is 244 g/mol. The van der Waals surface area contributed by atoms with Crippen LogP contribution in [0.15, 0.2) is 40.8 Å². The van der Waals surface area contributed by atoms with Gasteiger partial charge < -0.3 is 15.5 Å². The van der Waals surface area contributed by atoms with Gasteiger partial charge >= 0.3 is 0 Å². The van der Waals surface area contributed by atoms with Crippen molar-refractivity contribution in [3.05, 3.63) is 53.5 Å². The molecule has 0 fully saturated rings. The number of rotatable bonds is 3. The number of nitrogen functional groups attached to an aromatic ring is 1. The summed E-state index contributed by atoms with van der Waals surface area (Å²) in [7, 11) is 0. The van der Waals surface area contributed by atoms with E-state index in [9.17, 15) is 4.79 Å². The van der Waals surface area contributed by atoms with Crippen molar-refractivity contribution in [3.63, 3.8) is 0 Å². The highest BCUT2D eigenvalue weighted by atomic mass is 16.3. The number of furan rings is 1. The Labute approximate surface area is 106 Å². The predicted octanol–water partition coefficient (Wildman–Crippen LogP) is 2.66. The number of hydrogen-bond donors (Lipinski definition) is 2. The predicted molar refractivity (Wildman–Crippen MR) is 70.2 cm³/mol. The molecule has 1 heterocycles. The van der Waals surface area contributed by atoms with E-state index < -0.39 is 0 Å². The number of anilines is 1. The van der Waals surface area contributed by atoms with E-state index in [1.165, 1.54) is 0 Å². The number of hydrogen-bond acceptors (Lipinski definition) is 3. The van der Waals surface area contributed by atoms with Gasteiger partial charge in [0.2, 0.25) is 0 Å². The molecule has 94 valence electrons. The van der Waals surface area contributed by atoms with Crippen molar-refractivity contribution >= 4 is 11.6 Å². The summed E-state index contributed by atoms with van der Waals surface area (Å²) >= 11 is 0. The van der Waals surface area contributed by atoms with E-state index in [1.54, 1.807) is 24.3 Å². The van der Waals surface area contributed by atoms with Gasteiger partial charge in [-0.3, -0.25) is 4.79 Å². The van der Waals surface area contributed by atoms with Gasteiger partial charge in [0.05, 0.1) is 6.04 Å². The van der Waals surface area contributed by atoms with Crippen molar-refractivity contribution in [1.82, 2.24) is 5.32 Å². The fraction of sp³-hybridized carbons (Fsp3) is 0.214. The highest BCUT2D eigenvalue weighted by Gasteiger charge is 2.13. The van der Waals surface area contributed by atoms with E-state index in [-0.39, 0.29) is 11.9 Å². The first-order valence-electron chi connectivity index (χ1n) is 5.79. The first-order chi connectivity index (χ1) is 8.56. The molecule has 18 heavy (non-hydrogen) atoms. The number of nitrogens with one attached hydrogen (secondary N) is 1. The van der Waals surface area contributed by atoms with E-state index in [4.69, 9.17) is 10.2 Å². The van der Waals surface area contributed by atoms with Crippen molar-refractivity contribution in [2.75, 3.05) is 5.73 Å². The Kier molecular flexibility index (Phi) is 3.37. The van der Waals surface area contributed by atoms with E-state index in [0.717, 1.165) is 11.5 Å². The summed E-state index contributed by atoms with van der Waals surface area (Å²) in [6.45, 7) is 3.75. The summed E-state index contributed by atoms with van der Waals surface area (Å²) in [4.78, 5) is 12.0. The van der Waals surface area contributed by atoms with Gasteiger partial charge in [-0.2, -0.15) is 0 Å². The van der Waals surface area contributed by atoms with E-state index in [0.29, 0.717) is 11.3 Å². The van der Waals surface area contributed by atoms with Gasteiger partial charge in [-0.25, -0.2) is 0 Å². The van der Waals surface area contributed by atoms with Gasteiger partial charge in [-0.15, -0.1) is 0 Å². The molecule has 0 spiro atoms. The van der Waals surface area contributed by atoms with Gasteiger partial charge in [-0.1, -0.05) is 6.07 Å². The minimum atomic E-state index is -0.173. The highest BCUT2D eigenvalue weighted by Crippen LogP contribution is 2.16. The lowest BCUT2D eigenvalue weighted by molar-refractivity contribution is 0.0935. The number of nitrogens with two attached hydrogens (primary N) is 1. The van der Waals surface area contributed by atoms with Crippen LogP contribution in [0.2, 0.25) is 0 Å². The molecule has 1 amide bonds. The molecule has 0 aliphatic rings. The van der Waals surface area contributed by atoms with Crippen molar-refractivity contribution < 1.29 is 9.21 Å². The van der Waals surface area contributed by atoms with Crippen LogP contribution in [0.1, 0.15) is 34.8 Å². The Hall–Kier alpha value is -2.23. The average Bonchev–Trinajstić information content (AvgIpc) is 2.76. The lowest BCUT2D eigenvalue weighted by Crippen LogP contribution is -2.26. The van der Waals surface area contributed by atoms with Crippen LogP contribution in [0.25, 0.3) is 0 Å². The maximum absolute atomic E-state index is 12.0. The largest absolute Gasteiger partial charge is 0.464 e. The lowest BCUT2D eigenvalue weighted by atomic mass is 10.1. The number of benzene rings is 1. The normalized spacial score (nSPS) is 12.1. The summed E-state index contributed by atoms with van der Waals surface area (Å²) in [5.41, 5.74) is 6.76. The van der Waals surface area contributed by atoms with Gasteiger partial charge in [0.15, 0.2) is 0 Å². The molecule has 1 unspecified atom stereocenters. The molecular weight excluding hydrogens is 228 g/mol. The molecule has 0 aliphatic carbocycles. The minimum Gasteiger partial charge on any atom is -0.464 e. The summed E-state index contributed by atoms with van der Waals surface area (Å²) in [6, 6.07) is 10.4. The third-order valence-electron chi connectivity index (χ3n) is 2.68. The van der Waals surface area contributed by atoms with Crippen LogP contribution in [0.3, 0.4) is 0 Å². The smallest absolute Gasteiger partial charge is 0.251 e. The van der Waals surface area contributed by atoms with Gasteiger partial charge in [0.25, 0.3) is 5.91 Å². The molecule has 1 aromatic carbocycles. The monoisotopic (exact) mass is 244 g/mol. The molecule has 0 bridgehead atoms. The molecule has 1 aromatic heterocycles. The van der Waals surface area contributed by atoms with Gasteiger partial charge in [0.1, 0.15) is 11.5 Å². The first kappa shape index (κ1) is 12.2. The SMILES string of the molecule is Cc1ccc(C(C)NC(=O)c2cccc(N)c2)o1. The fourth-order valence-electron chi connectivity index (χ4n) is 1.72. The Morgan fingerprint density at radius 3 is 2.72 bits per heavy atom. The van der Waals surface area contributed by atoms with Crippen LogP contribution in [0.4, 0.5) is 5.69 Å². The zero-order valence-electron chi connectivity index (χ0n) is 10.4. The summed E-state index contributed by atoms with van der Waals surface area (Å²) in [5, 5.41) is 2.86. The number of amides is 1. The highest BCUT2D eigenvalue weighted by molar-refractivity contribution is 5.95. The Balaban J connectivity index is 2.08. The van der Waals surface area contributed by atoms with Gasteiger partial charge in [0, 0.05) is 11.3 Å². The molecule has 1 atom stereocenters. The summed E-state index contributed by atoms with van der Waals surface area (Å²) < 4.78 is 5.47. The molecule has 0 saturated heterocycles. The zero-order chi connectivity index (χ0) is 13.1. The second-order valence-corrected chi connectivity index (χ2v) is 4.27. The third kappa shape index (κ3) is 2.71. The van der Waals surface area contributed by atoms with E-state index in [2.05, 4.69) is 5.32 Å².